The van der Waals surface area contributed by atoms with Gasteiger partial charge in [-0.25, -0.2) is 0 Å². The van der Waals surface area contributed by atoms with E-state index in [0.717, 1.165) is 6.42 Å². The summed E-state index contributed by atoms with van der Waals surface area (Å²) in [5.74, 6) is 2.32. The van der Waals surface area contributed by atoms with Crippen molar-refractivity contribution in [3.05, 3.63) is 0 Å². The van der Waals surface area contributed by atoms with Gasteiger partial charge < -0.3 is 6.15 Å². The van der Waals surface area contributed by atoms with Gasteiger partial charge >= 0.3 is 0 Å². The molecule has 0 amide bonds. The molecule has 0 spiro atoms. The molecule has 0 unspecified atom stereocenters. The molecule has 2 aliphatic carbocycles. The van der Waals surface area contributed by atoms with Crippen molar-refractivity contribution in [3.63, 3.8) is 0 Å². The van der Waals surface area contributed by atoms with Crippen LogP contribution in [0, 0.1) is 11.8 Å². The zero-order chi connectivity index (χ0) is 10.6. The van der Waals surface area contributed by atoms with Gasteiger partial charge in [0.05, 0.1) is 5.75 Å². The summed E-state index contributed by atoms with van der Waals surface area (Å²) in [6.07, 6.45) is 7.57. The van der Waals surface area contributed by atoms with Crippen molar-refractivity contribution >= 4 is 10.1 Å². The zero-order valence-corrected chi connectivity index (χ0v) is 10.3. The van der Waals surface area contributed by atoms with Gasteiger partial charge in [0.25, 0.3) is 10.1 Å². The average molecular weight is 237 g/mol. The Morgan fingerprint density at radius 2 is 1.53 bits per heavy atom. The maximum absolute atomic E-state index is 9.95. The fourth-order valence-corrected chi connectivity index (χ4v) is 2.55. The second-order valence-corrected chi connectivity index (χ2v) is 5.89. The van der Waals surface area contributed by atoms with Crippen LogP contribution in [0.5, 0.6) is 0 Å². The van der Waals surface area contributed by atoms with Crippen LogP contribution in [0.3, 0.4) is 0 Å². The molecule has 92 valence electrons. The summed E-state index contributed by atoms with van der Waals surface area (Å²) < 4.78 is 28.0. The Morgan fingerprint density at radius 3 is 1.60 bits per heavy atom. The number of hydrogen-bond donors (Lipinski definition) is 2. The van der Waals surface area contributed by atoms with Crippen LogP contribution < -0.4 is 6.15 Å². The van der Waals surface area contributed by atoms with E-state index in [9.17, 15) is 8.42 Å². The van der Waals surface area contributed by atoms with E-state index in [-0.39, 0.29) is 11.9 Å². The number of unbranched alkanes of at least 4 members (excludes halogenated alkanes) is 1. The second kappa shape index (κ2) is 6.45. The normalized spacial score (nSPS) is 27.1. The van der Waals surface area contributed by atoms with Crippen molar-refractivity contribution in [2.75, 3.05) is 5.75 Å². The molecule has 5 heteroatoms. The number of hydrogen-bond acceptors (Lipinski definition) is 3. The third kappa shape index (κ3) is 5.49. The Hall–Kier alpha value is -0.130. The van der Waals surface area contributed by atoms with Crippen molar-refractivity contribution < 1.29 is 13.0 Å². The lowest BCUT2D eigenvalue weighted by Gasteiger charge is -2.46. The lowest BCUT2D eigenvalue weighted by atomic mass is 9.60. The maximum atomic E-state index is 9.95. The Labute approximate surface area is 92.8 Å². The largest absolute Gasteiger partial charge is 0.344 e. The van der Waals surface area contributed by atoms with Crippen molar-refractivity contribution in [1.82, 2.24) is 6.15 Å². The SMILES string of the molecule is C1CC2CCC12.CCCCS(=O)(=O)O.N. The molecule has 4 N–H and O–H groups in total. The summed E-state index contributed by atoms with van der Waals surface area (Å²) in [5, 5.41) is 0. The van der Waals surface area contributed by atoms with Crippen molar-refractivity contribution in [2.45, 2.75) is 45.4 Å². The Kier molecular flexibility index (Phi) is 6.40. The molecule has 0 aromatic carbocycles. The van der Waals surface area contributed by atoms with Crippen LogP contribution in [-0.2, 0) is 10.1 Å². The smallest absolute Gasteiger partial charge is 0.264 e. The van der Waals surface area contributed by atoms with Crippen LogP contribution >= 0.6 is 0 Å². The van der Waals surface area contributed by atoms with Crippen LogP contribution in [0.2, 0.25) is 0 Å². The molecular weight excluding hydrogens is 214 g/mol. The predicted molar refractivity (Wildman–Crippen MR) is 61.8 cm³/mol. The van der Waals surface area contributed by atoms with Gasteiger partial charge in [-0.05, 0) is 43.9 Å². The van der Waals surface area contributed by atoms with Gasteiger partial charge in [0, 0.05) is 0 Å². The average Bonchev–Trinajstić information content (AvgIpc) is 2.07. The first-order valence-corrected chi connectivity index (χ1v) is 7.09. The summed E-state index contributed by atoms with van der Waals surface area (Å²) in [7, 11) is -3.69. The molecule has 2 fully saturated rings. The summed E-state index contributed by atoms with van der Waals surface area (Å²) in [5.41, 5.74) is 0. The molecule has 0 aromatic heterocycles. The minimum atomic E-state index is -3.69. The molecule has 2 rings (SSSR count). The lowest BCUT2D eigenvalue weighted by Crippen LogP contribution is -2.34. The van der Waals surface area contributed by atoms with Gasteiger partial charge in [0.2, 0.25) is 0 Å². The maximum Gasteiger partial charge on any atom is 0.264 e. The van der Waals surface area contributed by atoms with E-state index in [1.807, 2.05) is 6.92 Å². The first-order chi connectivity index (χ1) is 6.53. The van der Waals surface area contributed by atoms with Crippen LogP contribution in [0.1, 0.15) is 45.4 Å². The van der Waals surface area contributed by atoms with Gasteiger partial charge in [-0.3, -0.25) is 4.55 Å². The molecule has 0 radical (unpaired) electrons. The van der Waals surface area contributed by atoms with Crippen LogP contribution in [-0.4, -0.2) is 18.7 Å². The van der Waals surface area contributed by atoms with Gasteiger partial charge in [0.15, 0.2) is 0 Å². The van der Waals surface area contributed by atoms with E-state index in [0.29, 0.717) is 6.42 Å². The van der Waals surface area contributed by atoms with Crippen molar-refractivity contribution in [3.8, 4) is 0 Å². The van der Waals surface area contributed by atoms with E-state index in [1.54, 1.807) is 25.7 Å². The van der Waals surface area contributed by atoms with Gasteiger partial charge in [-0.1, -0.05) is 13.3 Å². The van der Waals surface area contributed by atoms with Gasteiger partial charge in [-0.2, -0.15) is 8.42 Å². The summed E-state index contributed by atoms with van der Waals surface area (Å²) in [4.78, 5) is 0. The van der Waals surface area contributed by atoms with Crippen molar-refractivity contribution in [1.29, 1.82) is 0 Å². The molecule has 0 saturated heterocycles. The Balaban J connectivity index is 0.000000249. The quantitative estimate of drug-likeness (QED) is 0.738. The molecule has 0 aromatic rings. The van der Waals surface area contributed by atoms with Crippen LogP contribution in [0.25, 0.3) is 0 Å². The highest BCUT2D eigenvalue weighted by atomic mass is 32.2. The minimum Gasteiger partial charge on any atom is -0.344 e. The van der Waals surface area contributed by atoms with E-state index in [2.05, 4.69) is 0 Å². The van der Waals surface area contributed by atoms with E-state index >= 15 is 0 Å². The summed E-state index contributed by atoms with van der Waals surface area (Å²) in [6, 6.07) is 0. The minimum absolute atomic E-state index is 0. The van der Waals surface area contributed by atoms with Crippen LogP contribution in [0.15, 0.2) is 0 Å². The lowest BCUT2D eigenvalue weighted by molar-refractivity contribution is 0.0548. The topological polar surface area (TPSA) is 89.4 Å². The molecule has 2 aliphatic rings. The highest BCUT2D eigenvalue weighted by Crippen LogP contribution is 2.49. The number of fused-ring (bicyclic) bond motifs is 1. The molecule has 2 saturated carbocycles. The molecular formula is C10H23NO3S. The predicted octanol–water partition coefficient (Wildman–Crippen LogP) is 2.64. The summed E-state index contributed by atoms with van der Waals surface area (Å²) in [6.45, 7) is 1.87. The monoisotopic (exact) mass is 237 g/mol. The summed E-state index contributed by atoms with van der Waals surface area (Å²) >= 11 is 0. The standard InChI is InChI=1S/C6H10.C4H10O3S.H3N/c1-2-6-4-3-5(1)6;1-2-3-4-8(5,6)7;/h5-6H,1-4H2;2-4H2,1H3,(H,5,6,7);1H3. The molecule has 15 heavy (non-hydrogen) atoms. The Morgan fingerprint density at radius 1 is 1.13 bits per heavy atom. The highest BCUT2D eigenvalue weighted by Gasteiger charge is 2.37. The number of rotatable bonds is 3. The van der Waals surface area contributed by atoms with E-state index in [1.165, 1.54) is 11.8 Å². The zero-order valence-electron chi connectivity index (χ0n) is 9.48. The fourth-order valence-electron chi connectivity index (χ4n) is 1.89. The molecule has 0 heterocycles. The Bertz CT molecular complexity index is 246. The molecule has 0 bridgehead atoms. The highest BCUT2D eigenvalue weighted by molar-refractivity contribution is 7.85. The molecule has 0 atom stereocenters. The first-order valence-electron chi connectivity index (χ1n) is 5.48. The second-order valence-electron chi connectivity index (χ2n) is 4.31. The third-order valence-corrected chi connectivity index (χ3v) is 4.04. The third-order valence-electron chi connectivity index (χ3n) is 3.24. The van der Waals surface area contributed by atoms with Crippen LogP contribution in [0.4, 0.5) is 0 Å². The first kappa shape index (κ1) is 14.9. The molecule has 0 aliphatic heterocycles. The van der Waals surface area contributed by atoms with Crippen molar-refractivity contribution in [2.24, 2.45) is 11.8 Å². The van der Waals surface area contributed by atoms with E-state index in [4.69, 9.17) is 4.55 Å². The van der Waals surface area contributed by atoms with Gasteiger partial charge in [0.1, 0.15) is 0 Å². The molecule has 4 nitrogen and oxygen atoms in total. The van der Waals surface area contributed by atoms with Gasteiger partial charge in [-0.15, -0.1) is 0 Å². The fraction of sp³-hybridized carbons (Fsp3) is 1.00. The van der Waals surface area contributed by atoms with E-state index < -0.39 is 10.1 Å².